The number of hydrogen-bond acceptors (Lipinski definition) is 4. The van der Waals surface area contributed by atoms with E-state index >= 15 is 0 Å². The number of hydrogen-bond donors (Lipinski definition) is 1. The van der Waals surface area contributed by atoms with Crippen molar-refractivity contribution in [3.8, 4) is 0 Å². The number of carbonyl (C=O) groups is 2. The molecule has 0 aliphatic carbocycles. The summed E-state index contributed by atoms with van der Waals surface area (Å²) in [5.41, 5.74) is 0.935. The first kappa shape index (κ1) is 15.4. The molecule has 104 valence electrons. The highest BCUT2D eigenvalue weighted by molar-refractivity contribution is 5.89. The lowest BCUT2D eigenvalue weighted by atomic mass is 10.1. The predicted molar refractivity (Wildman–Crippen MR) is 72.0 cm³/mol. The van der Waals surface area contributed by atoms with E-state index in [2.05, 4.69) is 0 Å². The topological polar surface area (TPSA) is 63.6 Å². The zero-order chi connectivity index (χ0) is 14.5. The van der Waals surface area contributed by atoms with E-state index in [-0.39, 0.29) is 11.8 Å². The molecule has 1 aromatic carbocycles. The van der Waals surface area contributed by atoms with Gasteiger partial charge in [0.2, 0.25) is 0 Å². The zero-order valence-corrected chi connectivity index (χ0v) is 11.6. The Morgan fingerprint density at radius 1 is 1.16 bits per heavy atom. The third-order valence-corrected chi connectivity index (χ3v) is 2.46. The monoisotopic (exact) mass is 264 g/mol. The molecule has 0 atom stereocenters. The molecule has 0 heterocycles. The van der Waals surface area contributed by atoms with E-state index in [1.54, 1.807) is 24.3 Å². The van der Waals surface area contributed by atoms with Crippen LogP contribution in [0, 0.1) is 0 Å². The SMILES string of the molecule is CC(C)(C)OC(=O)c1ccc(CCC(=O)CO)cc1. The van der Waals surface area contributed by atoms with Gasteiger partial charge in [-0.25, -0.2) is 4.79 Å². The van der Waals surface area contributed by atoms with Crippen molar-refractivity contribution in [2.75, 3.05) is 6.61 Å². The molecule has 1 rings (SSSR count). The molecular weight excluding hydrogens is 244 g/mol. The second kappa shape index (κ2) is 6.48. The summed E-state index contributed by atoms with van der Waals surface area (Å²) in [5.74, 6) is -0.540. The highest BCUT2D eigenvalue weighted by Crippen LogP contribution is 2.13. The van der Waals surface area contributed by atoms with Crippen molar-refractivity contribution in [1.82, 2.24) is 0 Å². The highest BCUT2D eigenvalue weighted by atomic mass is 16.6. The molecule has 0 aliphatic rings. The largest absolute Gasteiger partial charge is 0.456 e. The quantitative estimate of drug-likeness (QED) is 0.827. The second-order valence-electron chi connectivity index (χ2n) is 5.40. The first-order valence-electron chi connectivity index (χ1n) is 6.26. The number of Topliss-reactive ketones (excluding diaryl/α,β-unsaturated/α-hetero) is 1. The smallest absolute Gasteiger partial charge is 0.338 e. The molecule has 0 amide bonds. The van der Waals surface area contributed by atoms with Gasteiger partial charge < -0.3 is 9.84 Å². The first-order chi connectivity index (χ1) is 8.81. The van der Waals surface area contributed by atoms with E-state index in [4.69, 9.17) is 9.84 Å². The van der Waals surface area contributed by atoms with E-state index in [0.717, 1.165) is 5.56 Å². The number of aryl methyl sites for hydroxylation is 1. The number of aliphatic hydroxyl groups excluding tert-OH is 1. The third kappa shape index (κ3) is 5.66. The molecule has 0 aromatic heterocycles. The summed E-state index contributed by atoms with van der Waals surface area (Å²) in [6.45, 7) is 5.04. The van der Waals surface area contributed by atoms with E-state index in [9.17, 15) is 9.59 Å². The van der Waals surface area contributed by atoms with Crippen molar-refractivity contribution in [3.63, 3.8) is 0 Å². The molecule has 0 fully saturated rings. The van der Waals surface area contributed by atoms with Gasteiger partial charge in [-0.1, -0.05) is 12.1 Å². The van der Waals surface area contributed by atoms with Gasteiger partial charge in [0.25, 0.3) is 0 Å². The minimum Gasteiger partial charge on any atom is -0.456 e. The minimum atomic E-state index is -0.511. The van der Waals surface area contributed by atoms with Crippen LogP contribution in [0.4, 0.5) is 0 Å². The predicted octanol–water partition coefficient (Wildman–Crippen LogP) is 2.14. The Hall–Kier alpha value is -1.68. The van der Waals surface area contributed by atoms with Gasteiger partial charge in [-0.2, -0.15) is 0 Å². The van der Waals surface area contributed by atoms with Crippen molar-refractivity contribution in [3.05, 3.63) is 35.4 Å². The molecule has 4 heteroatoms. The van der Waals surface area contributed by atoms with E-state index in [0.29, 0.717) is 18.4 Å². The maximum absolute atomic E-state index is 11.8. The van der Waals surface area contributed by atoms with E-state index in [1.807, 2.05) is 20.8 Å². The molecule has 0 spiro atoms. The average Bonchev–Trinajstić information content (AvgIpc) is 2.34. The summed E-state index contributed by atoms with van der Waals surface area (Å²) < 4.78 is 5.25. The normalized spacial score (nSPS) is 11.2. The molecule has 0 unspecified atom stereocenters. The van der Waals surface area contributed by atoms with Crippen LogP contribution in [0.2, 0.25) is 0 Å². The Morgan fingerprint density at radius 3 is 2.21 bits per heavy atom. The van der Waals surface area contributed by atoms with Crippen LogP contribution < -0.4 is 0 Å². The highest BCUT2D eigenvalue weighted by Gasteiger charge is 2.17. The number of benzene rings is 1. The van der Waals surface area contributed by atoms with Gasteiger partial charge in [-0.3, -0.25) is 4.79 Å². The lowest BCUT2D eigenvalue weighted by molar-refractivity contribution is -0.121. The molecule has 0 radical (unpaired) electrons. The van der Waals surface area contributed by atoms with Crippen LogP contribution >= 0.6 is 0 Å². The minimum absolute atomic E-state index is 0.184. The van der Waals surface area contributed by atoms with Crippen molar-refractivity contribution in [1.29, 1.82) is 0 Å². The van der Waals surface area contributed by atoms with Gasteiger partial charge >= 0.3 is 5.97 Å². The van der Waals surface area contributed by atoms with Crippen molar-refractivity contribution in [2.45, 2.75) is 39.2 Å². The van der Waals surface area contributed by atoms with Crippen molar-refractivity contribution >= 4 is 11.8 Å². The van der Waals surface area contributed by atoms with Crippen LogP contribution in [-0.4, -0.2) is 29.1 Å². The molecule has 1 N–H and O–H groups in total. The van der Waals surface area contributed by atoms with Gasteiger partial charge in [-0.15, -0.1) is 0 Å². The Morgan fingerprint density at radius 2 is 1.74 bits per heavy atom. The molecule has 19 heavy (non-hydrogen) atoms. The number of ether oxygens (including phenoxy) is 1. The maximum Gasteiger partial charge on any atom is 0.338 e. The number of carbonyl (C=O) groups excluding carboxylic acids is 2. The summed E-state index contributed by atoms with van der Waals surface area (Å²) in [6.07, 6.45) is 0.871. The van der Waals surface area contributed by atoms with Crippen LogP contribution in [-0.2, 0) is 16.0 Å². The molecule has 0 aliphatic heterocycles. The van der Waals surface area contributed by atoms with E-state index < -0.39 is 12.2 Å². The van der Waals surface area contributed by atoms with Crippen LogP contribution in [0.3, 0.4) is 0 Å². The first-order valence-corrected chi connectivity index (χ1v) is 6.26. The summed E-state index contributed by atoms with van der Waals surface area (Å²) in [4.78, 5) is 22.8. The third-order valence-electron chi connectivity index (χ3n) is 2.46. The van der Waals surface area contributed by atoms with Gasteiger partial charge in [0, 0.05) is 6.42 Å². The Kier molecular flexibility index (Phi) is 5.24. The number of aliphatic hydroxyl groups is 1. The summed E-state index contributed by atoms with van der Waals surface area (Å²) in [6, 6.07) is 6.97. The van der Waals surface area contributed by atoms with Gasteiger partial charge in [0.15, 0.2) is 5.78 Å². The molecule has 0 saturated heterocycles. The van der Waals surface area contributed by atoms with Crippen LogP contribution in [0.5, 0.6) is 0 Å². The second-order valence-corrected chi connectivity index (χ2v) is 5.40. The summed E-state index contributed by atoms with van der Waals surface area (Å²) in [7, 11) is 0. The van der Waals surface area contributed by atoms with Crippen LogP contribution in [0.25, 0.3) is 0 Å². The fourth-order valence-electron chi connectivity index (χ4n) is 1.51. The lowest BCUT2D eigenvalue weighted by Crippen LogP contribution is -2.23. The Bertz CT molecular complexity index is 440. The fraction of sp³-hybridized carbons (Fsp3) is 0.467. The van der Waals surface area contributed by atoms with Crippen molar-refractivity contribution in [2.24, 2.45) is 0 Å². The van der Waals surface area contributed by atoms with Gasteiger partial charge in [-0.05, 0) is 44.9 Å². The molecule has 0 bridgehead atoms. The number of rotatable bonds is 5. The fourth-order valence-corrected chi connectivity index (χ4v) is 1.51. The summed E-state index contributed by atoms with van der Waals surface area (Å²) in [5, 5.41) is 8.63. The lowest BCUT2D eigenvalue weighted by Gasteiger charge is -2.19. The van der Waals surface area contributed by atoms with Gasteiger partial charge in [0.1, 0.15) is 12.2 Å². The number of ketones is 1. The Balaban J connectivity index is 2.61. The maximum atomic E-state index is 11.8. The average molecular weight is 264 g/mol. The van der Waals surface area contributed by atoms with Crippen LogP contribution in [0.15, 0.2) is 24.3 Å². The molecule has 4 nitrogen and oxygen atoms in total. The van der Waals surface area contributed by atoms with Gasteiger partial charge in [0.05, 0.1) is 5.56 Å². The number of esters is 1. The molecule has 0 saturated carbocycles. The van der Waals surface area contributed by atoms with Crippen LogP contribution in [0.1, 0.15) is 43.1 Å². The van der Waals surface area contributed by atoms with E-state index in [1.165, 1.54) is 0 Å². The Labute approximate surface area is 113 Å². The summed E-state index contributed by atoms with van der Waals surface area (Å²) >= 11 is 0. The zero-order valence-electron chi connectivity index (χ0n) is 11.6. The van der Waals surface area contributed by atoms with Crippen molar-refractivity contribution < 1.29 is 19.4 Å². The molecule has 1 aromatic rings. The standard InChI is InChI=1S/C15H20O4/c1-15(2,3)19-14(18)12-7-4-11(5-8-12)6-9-13(17)10-16/h4-5,7-8,16H,6,9-10H2,1-3H3. The molecular formula is C15H20O4.